The van der Waals surface area contributed by atoms with E-state index in [4.69, 9.17) is 4.52 Å². The smallest absolute Gasteiger partial charge is 0.175 e. The van der Waals surface area contributed by atoms with Crippen LogP contribution in [-0.2, 0) is 0 Å². The van der Waals surface area contributed by atoms with Gasteiger partial charge in [-0.25, -0.2) is 0 Å². The van der Waals surface area contributed by atoms with Gasteiger partial charge in [0.2, 0.25) is 0 Å². The summed E-state index contributed by atoms with van der Waals surface area (Å²) in [5.41, 5.74) is 7.68. The van der Waals surface area contributed by atoms with Crippen LogP contribution in [0.2, 0.25) is 0 Å². The fraction of sp³-hybridized carbons (Fsp3) is 0. The largest absolute Gasteiger partial charge is 0.355 e. The lowest BCUT2D eigenvalue weighted by Gasteiger charge is -2.18. The molecule has 0 radical (unpaired) electrons. The van der Waals surface area contributed by atoms with Crippen molar-refractivity contribution in [1.82, 2.24) is 5.16 Å². The van der Waals surface area contributed by atoms with Crippen LogP contribution >= 0.6 is 0 Å². The number of aromatic nitrogens is 1. The highest BCUT2D eigenvalue weighted by Gasteiger charge is 2.19. The Labute approximate surface area is 271 Å². The van der Waals surface area contributed by atoms with Gasteiger partial charge >= 0.3 is 0 Å². The summed E-state index contributed by atoms with van der Waals surface area (Å²) in [6, 6.07) is 58.9. The molecular weight excluding hydrogens is 571 g/mol. The van der Waals surface area contributed by atoms with Crippen LogP contribution in [0.4, 0.5) is 0 Å². The molecule has 0 aliphatic heterocycles. The average molecular weight is 598 g/mol. The Morgan fingerprint density at radius 3 is 1.64 bits per heavy atom. The summed E-state index contributed by atoms with van der Waals surface area (Å²) < 4.78 is 6.24. The lowest BCUT2D eigenvalue weighted by molar-refractivity contribution is 0.462. The molecule has 218 valence electrons. The van der Waals surface area contributed by atoms with Crippen molar-refractivity contribution in [1.29, 1.82) is 0 Å². The quantitative estimate of drug-likeness (QED) is 0.150. The van der Waals surface area contributed by atoms with Gasteiger partial charge in [-0.1, -0.05) is 151 Å². The van der Waals surface area contributed by atoms with E-state index >= 15 is 0 Å². The van der Waals surface area contributed by atoms with Crippen LogP contribution in [-0.4, -0.2) is 5.16 Å². The van der Waals surface area contributed by atoms with Crippen LogP contribution in [0.5, 0.6) is 0 Å². The second kappa shape index (κ2) is 10.1. The Bertz CT molecular complexity index is 2790. The second-order valence-electron chi connectivity index (χ2n) is 12.3. The standard InChI is InChI=1S/C45H27NO/c1-2-11-30(12-3-1)41-35-14-6-8-16-37(35)42(38-17-9-7-15-36(38)41)33-22-20-29-19-21-31-24-25-39-44(46-47-45(39)43(31)40(29)27-33)34-23-18-28-10-4-5-13-32(28)26-34/h1-27H. The van der Waals surface area contributed by atoms with Crippen LogP contribution in [0.3, 0.4) is 0 Å². The molecule has 0 bridgehead atoms. The predicted octanol–water partition coefficient (Wildman–Crippen LogP) is 12.6. The summed E-state index contributed by atoms with van der Waals surface area (Å²) in [5, 5.41) is 17.6. The second-order valence-corrected chi connectivity index (χ2v) is 12.3. The fourth-order valence-corrected chi connectivity index (χ4v) is 7.59. The zero-order chi connectivity index (χ0) is 30.9. The number of hydrogen-bond donors (Lipinski definition) is 0. The molecule has 0 fully saturated rings. The van der Waals surface area contributed by atoms with Crippen molar-refractivity contribution in [3.05, 3.63) is 164 Å². The maximum absolute atomic E-state index is 6.24. The maximum atomic E-state index is 6.24. The molecule has 10 aromatic rings. The van der Waals surface area contributed by atoms with Gasteiger partial charge in [-0.2, -0.15) is 0 Å². The number of hydrogen-bond acceptors (Lipinski definition) is 2. The van der Waals surface area contributed by atoms with Crippen molar-refractivity contribution < 1.29 is 4.52 Å². The van der Waals surface area contributed by atoms with Crippen molar-refractivity contribution in [3.8, 4) is 33.5 Å². The zero-order valence-electron chi connectivity index (χ0n) is 25.4. The number of rotatable bonds is 3. The lowest BCUT2D eigenvalue weighted by atomic mass is 9.85. The van der Waals surface area contributed by atoms with Gasteiger partial charge in [-0.3, -0.25) is 0 Å². The van der Waals surface area contributed by atoms with Gasteiger partial charge in [0.25, 0.3) is 0 Å². The molecule has 0 N–H and O–H groups in total. The van der Waals surface area contributed by atoms with E-state index in [-0.39, 0.29) is 0 Å². The first-order valence-corrected chi connectivity index (χ1v) is 16.1. The number of benzene rings is 9. The molecule has 1 aromatic heterocycles. The topological polar surface area (TPSA) is 26.0 Å². The summed E-state index contributed by atoms with van der Waals surface area (Å²) in [7, 11) is 0. The van der Waals surface area contributed by atoms with E-state index < -0.39 is 0 Å². The molecule has 0 unspecified atom stereocenters. The molecule has 0 saturated heterocycles. The third-order valence-electron chi connectivity index (χ3n) is 9.74. The van der Waals surface area contributed by atoms with Crippen molar-refractivity contribution in [2.24, 2.45) is 0 Å². The van der Waals surface area contributed by atoms with Crippen molar-refractivity contribution in [2.75, 3.05) is 0 Å². The minimum Gasteiger partial charge on any atom is -0.355 e. The first-order valence-electron chi connectivity index (χ1n) is 16.1. The Balaban J connectivity index is 1.25. The number of fused-ring (bicyclic) bond motifs is 8. The summed E-state index contributed by atoms with van der Waals surface area (Å²) in [4.78, 5) is 0. The minimum absolute atomic E-state index is 0.822. The summed E-state index contributed by atoms with van der Waals surface area (Å²) in [6.07, 6.45) is 0. The van der Waals surface area contributed by atoms with Gasteiger partial charge in [0.15, 0.2) is 5.58 Å². The molecule has 47 heavy (non-hydrogen) atoms. The highest BCUT2D eigenvalue weighted by atomic mass is 16.5. The fourth-order valence-electron chi connectivity index (χ4n) is 7.59. The first kappa shape index (κ1) is 26.0. The third-order valence-corrected chi connectivity index (χ3v) is 9.74. The molecule has 0 atom stereocenters. The van der Waals surface area contributed by atoms with Gasteiger partial charge in [0.1, 0.15) is 5.69 Å². The maximum Gasteiger partial charge on any atom is 0.175 e. The monoisotopic (exact) mass is 597 g/mol. The van der Waals surface area contributed by atoms with E-state index in [9.17, 15) is 0 Å². The van der Waals surface area contributed by atoms with Crippen LogP contribution in [0.1, 0.15) is 0 Å². The Hall–Kier alpha value is -6.25. The average Bonchev–Trinajstić information content (AvgIpc) is 3.58. The first-order chi connectivity index (χ1) is 23.3. The van der Waals surface area contributed by atoms with Gasteiger partial charge in [-0.05, 0) is 88.9 Å². The SMILES string of the molecule is c1ccc(-c2c3ccccc3c(-c3ccc4ccc5ccc6c(-c7ccc8ccccc8c7)noc6c5c4c3)c3ccccc23)cc1. The molecule has 9 aromatic carbocycles. The van der Waals surface area contributed by atoms with Crippen molar-refractivity contribution in [3.63, 3.8) is 0 Å². The lowest BCUT2D eigenvalue weighted by Crippen LogP contribution is -1.91. The molecule has 10 rings (SSSR count). The van der Waals surface area contributed by atoms with E-state index in [0.717, 1.165) is 38.4 Å². The van der Waals surface area contributed by atoms with Crippen molar-refractivity contribution >= 4 is 64.8 Å². The van der Waals surface area contributed by atoms with E-state index in [1.165, 1.54) is 60.0 Å². The molecule has 0 spiro atoms. The van der Waals surface area contributed by atoms with E-state index in [1.54, 1.807) is 0 Å². The Kier molecular flexibility index (Phi) is 5.61. The van der Waals surface area contributed by atoms with E-state index in [1.807, 2.05) is 0 Å². The van der Waals surface area contributed by atoms with E-state index in [0.29, 0.717) is 0 Å². The highest BCUT2D eigenvalue weighted by Crippen LogP contribution is 2.45. The minimum atomic E-state index is 0.822. The molecule has 0 aliphatic carbocycles. The van der Waals surface area contributed by atoms with Crippen LogP contribution in [0.15, 0.2) is 168 Å². The predicted molar refractivity (Wildman–Crippen MR) is 198 cm³/mol. The molecule has 2 heteroatoms. The summed E-state index contributed by atoms with van der Waals surface area (Å²) in [6.45, 7) is 0. The molecule has 0 amide bonds. The zero-order valence-corrected chi connectivity index (χ0v) is 25.4. The summed E-state index contributed by atoms with van der Waals surface area (Å²) in [5.74, 6) is 0. The van der Waals surface area contributed by atoms with Gasteiger partial charge in [0.05, 0.1) is 5.39 Å². The molecule has 2 nitrogen and oxygen atoms in total. The van der Waals surface area contributed by atoms with Crippen LogP contribution < -0.4 is 0 Å². The Morgan fingerprint density at radius 2 is 0.894 bits per heavy atom. The number of nitrogens with zero attached hydrogens (tertiary/aromatic N) is 1. The van der Waals surface area contributed by atoms with Crippen molar-refractivity contribution in [2.45, 2.75) is 0 Å². The van der Waals surface area contributed by atoms with Crippen LogP contribution in [0.25, 0.3) is 98.3 Å². The van der Waals surface area contributed by atoms with E-state index in [2.05, 4.69) is 169 Å². The molecule has 1 heterocycles. The van der Waals surface area contributed by atoms with Crippen LogP contribution in [0, 0.1) is 0 Å². The molecule has 0 aliphatic rings. The Morgan fingerprint density at radius 1 is 0.340 bits per heavy atom. The third kappa shape index (κ3) is 3.95. The highest BCUT2D eigenvalue weighted by molar-refractivity contribution is 6.24. The normalized spacial score (nSPS) is 11.8. The van der Waals surface area contributed by atoms with Gasteiger partial charge < -0.3 is 4.52 Å². The molecular formula is C45H27NO. The molecule has 0 saturated carbocycles. The van der Waals surface area contributed by atoms with Gasteiger partial charge in [-0.15, -0.1) is 0 Å². The van der Waals surface area contributed by atoms with Gasteiger partial charge in [0, 0.05) is 10.9 Å². The summed E-state index contributed by atoms with van der Waals surface area (Å²) >= 11 is 0.